The van der Waals surface area contributed by atoms with Crippen LogP contribution in [-0.2, 0) is 6.42 Å². The standard InChI is InChI=1S/C12H17NO/c1-3-4-10-5-6-12-11(9-10)13(2)7-8-14-12/h5-6,9H,3-4,7-8H2,1-2H3. The Morgan fingerprint density at radius 1 is 1.43 bits per heavy atom. The van der Waals surface area contributed by atoms with E-state index >= 15 is 0 Å². The Hall–Kier alpha value is -1.18. The van der Waals surface area contributed by atoms with Crippen molar-refractivity contribution < 1.29 is 4.74 Å². The number of hydrogen-bond donors (Lipinski definition) is 0. The molecule has 0 amide bonds. The summed E-state index contributed by atoms with van der Waals surface area (Å²) in [4.78, 5) is 2.26. The van der Waals surface area contributed by atoms with Crippen molar-refractivity contribution in [2.45, 2.75) is 19.8 Å². The molecular formula is C12H17NO. The third-order valence-electron chi connectivity index (χ3n) is 2.66. The minimum absolute atomic E-state index is 0.802. The molecule has 14 heavy (non-hydrogen) atoms. The Bertz CT molecular complexity index is 322. The fourth-order valence-electron chi connectivity index (χ4n) is 1.84. The highest BCUT2D eigenvalue weighted by Gasteiger charge is 2.14. The Balaban J connectivity index is 2.31. The molecule has 1 aliphatic heterocycles. The largest absolute Gasteiger partial charge is 0.490 e. The van der Waals surface area contributed by atoms with E-state index in [1.807, 2.05) is 0 Å². The third kappa shape index (κ3) is 1.69. The van der Waals surface area contributed by atoms with Gasteiger partial charge < -0.3 is 9.64 Å². The average Bonchev–Trinajstić information content (AvgIpc) is 2.20. The summed E-state index contributed by atoms with van der Waals surface area (Å²) in [6, 6.07) is 6.51. The number of hydrogen-bond acceptors (Lipinski definition) is 2. The third-order valence-corrected chi connectivity index (χ3v) is 2.66. The molecule has 0 N–H and O–H groups in total. The van der Waals surface area contributed by atoms with Crippen LogP contribution in [0.25, 0.3) is 0 Å². The summed E-state index contributed by atoms with van der Waals surface area (Å²) in [6.07, 6.45) is 2.35. The molecule has 0 spiro atoms. The normalized spacial score (nSPS) is 14.9. The SMILES string of the molecule is CCCc1ccc2c(c1)N(C)CCO2. The summed E-state index contributed by atoms with van der Waals surface area (Å²) in [6.45, 7) is 4.00. The summed E-state index contributed by atoms with van der Waals surface area (Å²) in [5, 5.41) is 0. The molecule has 0 aromatic heterocycles. The Morgan fingerprint density at radius 3 is 3.07 bits per heavy atom. The predicted molar refractivity (Wildman–Crippen MR) is 59.2 cm³/mol. The first-order valence-corrected chi connectivity index (χ1v) is 5.28. The molecule has 1 aromatic rings. The van der Waals surface area contributed by atoms with E-state index in [9.17, 15) is 0 Å². The van der Waals surface area contributed by atoms with E-state index in [-0.39, 0.29) is 0 Å². The van der Waals surface area contributed by atoms with E-state index < -0.39 is 0 Å². The number of anilines is 1. The average molecular weight is 191 g/mol. The molecule has 0 saturated carbocycles. The second-order valence-electron chi connectivity index (χ2n) is 3.82. The van der Waals surface area contributed by atoms with Gasteiger partial charge in [0.1, 0.15) is 12.4 Å². The summed E-state index contributed by atoms with van der Waals surface area (Å²) in [7, 11) is 2.12. The number of benzene rings is 1. The van der Waals surface area contributed by atoms with Gasteiger partial charge in [0.15, 0.2) is 0 Å². The first-order chi connectivity index (χ1) is 6.81. The Morgan fingerprint density at radius 2 is 2.29 bits per heavy atom. The zero-order chi connectivity index (χ0) is 9.97. The molecule has 0 atom stereocenters. The van der Waals surface area contributed by atoms with Crippen LogP contribution < -0.4 is 9.64 Å². The molecule has 1 heterocycles. The summed E-state index contributed by atoms with van der Waals surface area (Å²) in [5.74, 6) is 1.03. The van der Waals surface area contributed by atoms with Crippen LogP contribution in [0.15, 0.2) is 18.2 Å². The molecule has 0 aliphatic carbocycles. The quantitative estimate of drug-likeness (QED) is 0.712. The van der Waals surface area contributed by atoms with Gasteiger partial charge in [-0.2, -0.15) is 0 Å². The maximum atomic E-state index is 5.59. The highest BCUT2D eigenvalue weighted by atomic mass is 16.5. The van der Waals surface area contributed by atoms with Crippen LogP contribution in [0.1, 0.15) is 18.9 Å². The van der Waals surface area contributed by atoms with E-state index in [4.69, 9.17) is 4.74 Å². The highest BCUT2D eigenvalue weighted by Crippen LogP contribution is 2.31. The minimum atomic E-state index is 0.802. The number of likely N-dealkylation sites (N-methyl/N-ethyl adjacent to an activating group) is 1. The van der Waals surface area contributed by atoms with Gasteiger partial charge in [-0.3, -0.25) is 0 Å². The lowest BCUT2D eigenvalue weighted by Crippen LogP contribution is -2.28. The molecule has 2 heteroatoms. The van der Waals surface area contributed by atoms with E-state index in [2.05, 4.69) is 37.1 Å². The van der Waals surface area contributed by atoms with Crippen LogP contribution in [0.2, 0.25) is 0 Å². The second-order valence-corrected chi connectivity index (χ2v) is 3.82. The van der Waals surface area contributed by atoms with E-state index in [1.165, 1.54) is 17.7 Å². The van der Waals surface area contributed by atoms with Gasteiger partial charge in [0, 0.05) is 7.05 Å². The van der Waals surface area contributed by atoms with Gasteiger partial charge in [-0.15, -0.1) is 0 Å². The van der Waals surface area contributed by atoms with Crippen molar-refractivity contribution >= 4 is 5.69 Å². The van der Waals surface area contributed by atoms with Gasteiger partial charge in [0.2, 0.25) is 0 Å². The maximum Gasteiger partial charge on any atom is 0.142 e. The summed E-state index contributed by atoms with van der Waals surface area (Å²) < 4.78 is 5.59. The van der Waals surface area contributed by atoms with E-state index in [0.717, 1.165) is 25.3 Å². The number of rotatable bonds is 2. The maximum absolute atomic E-state index is 5.59. The molecule has 0 bridgehead atoms. The van der Waals surface area contributed by atoms with Gasteiger partial charge in [0.25, 0.3) is 0 Å². The van der Waals surface area contributed by atoms with Gasteiger partial charge in [0.05, 0.1) is 12.2 Å². The van der Waals surface area contributed by atoms with Crippen molar-refractivity contribution in [2.24, 2.45) is 0 Å². The van der Waals surface area contributed by atoms with Crippen LogP contribution in [0, 0.1) is 0 Å². The zero-order valence-electron chi connectivity index (χ0n) is 8.92. The van der Waals surface area contributed by atoms with Gasteiger partial charge in [-0.05, 0) is 24.1 Å². The molecule has 0 saturated heterocycles. The van der Waals surface area contributed by atoms with Gasteiger partial charge in [-0.25, -0.2) is 0 Å². The molecule has 1 aliphatic rings. The molecule has 2 nitrogen and oxygen atoms in total. The molecule has 76 valence electrons. The highest BCUT2D eigenvalue weighted by molar-refractivity contribution is 5.60. The van der Waals surface area contributed by atoms with E-state index in [0.29, 0.717) is 0 Å². The molecule has 2 rings (SSSR count). The number of ether oxygens (including phenoxy) is 1. The van der Waals surface area contributed by atoms with Crippen molar-refractivity contribution in [3.8, 4) is 5.75 Å². The first kappa shape index (κ1) is 9.38. The second kappa shape index (κ2) is 3.91. The lowest BCUT2D eigenvalue weighted by Gasteiger charge is -2.28. The lowest BCUT2D eigenvalue weighted by molar-refractivity contribution is 0.311. The molecule has 0 fully saturated rings. The molecule has 0 unspecified atom stereocenters. The number of fused-ring (bicyclic) bond motifs is 1. The lowest BCUT2D eigenvalue weighted by atomic mass is 10.1. The van der Waals surface area contributed by atoms with Crippen molar-refractivity contribution in [1.29, 1.82) is 0 Å². The van der Waals surface area contributed by atoms with Crippen LogP contribution in [0.3, 0.4) is 0 Å². The number of nitrogens with zero attached hydrogens (tertiary/aromatic N) is 1. The van der Waals surface area contributed by atoms with Crippen LogP contribution >= 0.6 is 0 Å². The molecular weight excluding hydrogens is 174 g/mol. The first-order valence-electron chi connectivity index (χ1n) is 5.28. The van der Waals surface area contributed by atoms with E-state index in [1.54, 1.807) is 0 Å². The van der Waals surface area contributed by atoms with Crippen molar-refractivity contribution in [3.63, 3.8) is 0 Å². The van der Waals surface area contributed by atoms with Crippen molar-refractivity contribution in [1.82, 2.24) is 0 Å². The van der Waals surface area contributed by atoms with Crippen molar-refractivity contribution in [3.05, 3.63) is 23.8 Å². The fraction of sp³-hybridized carbons (Fsp3) is 0.500. The minimum Gasteiger partial charge on any atom is -0.490 e. The van der Waals surface area contributed by atoms with Gasteiger partial charge in [-0.1, -0.05) is 19.4 Å². The molecule has 0 radical (unpaired) electrons. The Kier molecular flexibility index (Phi) is 2.62. The monoisotopic (exact) mass is 191 g/mol. The van der Waals surface area contributed by atoms with Crippen LogP contribution in [0.5, 0.6) is 5.75 Å². The smallest absolute Gasteiger partial charge is 0.142 e. The van der Waals surface area contributed by atoms with Crippen molar-refractivity contribution in [2.75, 3.05) is 25.1 Å². The predicted octanol–water partition coefficient (Wildman–Crippen LogP) is 2.47. The van der Waals surface area contributed by atoms with Gasteiger partial charge >= 0.3 is 0 Å². The topological polar surface area (TPSA) is 12.5 Å². The Labute approximate surface area is 85.5 Å². The van der Waals surface area contributed by atoms with Crippen LogP contribution in [-0.4, -0.2) is 20.2 Å². The summed E-state index contributed by atoms with van der Waals surface area (Å²) >= 11 is 0. The van der Waals surface area contributed by atoms with Crippen LogP contribution in [0.4, 0.5) is 5.69 Å². The number of aryl methyl sites for hydroxylation is 1. The molecule has 1 aromatic carbocycles. The zero-order valence-corrected chi connectivity index (χ0v) is 8.92. The fourth-order valence-corrected chi connectivity index (χ4v) is 1.84. The summed E-state index contributed by atoms with van der Waals surface area (Å²) in [5.41, 5.74) is 2.64.